The number of hydrogen-bond acceptors (Lipinski definition) is 3. The van der Waals surface area contributed by atoms with Crippen LogP contribution in [0.15, 0.2) is 66.7 Å². The number of carbonyl (C=O) groups is 1. The zero-order valence-electron chi connectivity index (χ0n) is 14.7. The Morgan fingerprint density at radius 1 is 0.885 bits per heavy atom. The van der Waals surface area contributed by atoms with E-state index in [4.69, 9.17) is 0 Å². The molecular formula is C22H23N3O. The van der Waals surface area contributed by atoms with Crippen LogP contribution in [-0.4, -0.2) is 25.5 Å². The normalized spacial score (nSPS) is 13.8. The predicted octanol–water partition coefficient (Wildman–Crippen LogP) is 4.49. The van der Waals surface area contributed by atoms with E-state index in [1.807, 2.05) is 36.4 Å². The quantitative estimate of drug-likeness (QED) is 0.716. The third-order valence-electron chi connectivity index (χ3n) is 4.85. The van der Waals surface area contributed by atoms with Gasteiger partial charge in [-0.2, -0.15) is 0 Å². The van der Waals surface area contributed by atoms with Crippen molar-refractivity contribution in [1.82, 2.24) is 0 Å². The molecule has 4 heteroatoms. The molecule has 1 aliphatic rings. The molecule has 0 unspecified atom stereocenters. The Morgan fingerprint density at radius 3 is 2.42 bits per heavy atom. The van der Waals surface area contributed by atoms with E-state index in [1.165, 1.54) is 18.5 Å². The van der Waals surface area contributed by atoms with Crippen molar-refractivity contribution in [2.24, 2.45) is 0 Å². The number of hydrogen-bond donors (Lipinski definition) is 2. The Labute approximate surface area is 153 Å². The van der Waals surface area contributed by atoms with Crippen molar-refractivity contribution in [3.05, 3.63) is 66.7 Å². The Morgan fingerprint density at radius 2 is 1.62 bits per heavy atom. The summed E-state index contributed by atoms with van der Waals surface area (Å²) in [5.74, 6) is -0.0492. The number of benzene rings is 3. The number of amides is 1. The summed E-state index contributed by atoms with van der Waals surface area (Å²) in [5, 5.41) is 8.49. The van der Waals surface area contributed by atoms with Gasteiger partial charge in [-0.05, 0) is 48.6 Å². The minimum absolute atomic E-state index is 0.0492. The van der Waals surface area contributed by atoms with Crippen LogP contribution in [0.5, 0.6) is 0 Å². The van der Waals surface area contributed by atoms with E-state index < -0.39 is 0 Å². The topological polar surface area (TPSA) is 44.4 Å². The fourth-order valence-corrected chi connectivity index (χ4v) is 3.49. The van der Waals surface area contributed by atoms with Gasteiger partial charge in [-0.15, -0.1) is 0 Å². The zero-order valence-corrected chi connectivity index (χ0v) is 14.7. The van der Waals surface area contributed by atoms with Gasteiger partial charge < -0.3 is 15.5 Å². The lowest BCUT2D eigenvalue weighted by atomic mass is 10.1. The molecule has 1 aliphatic heterocycles. The van der Waals surface area contributed by atoms with Crippen molar-refractivity contribution in [1.29, 1.82) is 0 Å². The molecule has 4 rings (SSSR count). The van der Waals surface area contributed by atoms with E-state index in [1.54, 1.807) is 0 Å². The van der Waals surface area contributed by atoms with Gasteiger partial charge in [0.1, 0.15) is 0 Å². The van der Waals surface area contributed by atoms with Crippen LogP contribution >= 0.6 is 0 Å². The number of fused-ring (bicyclic) bond motifs is 1. The van der Waals surface area contributed by atoms with Crippen molar-refractivity contribution in [2.45, 2.75) is 12.8 Å². The van der Waals surface area contributed by atoms with E-state index in [0.717, 1.165) is 35.2 Å². The summed E-state index contributed by atoms with van der Waals surface area (Å²) in [6, 6.07) is 22.4. The van der Waals surface area contributed by atoms with Crippen LogP contribution in [0.4, 0.5) is 17.1 Å². The van der Waals surface area contributed by atoms with Gasteiger partial charge in [0.2, 0.25) is 5.91 Å². The minimum atomic E-state index is -0.0492. The molecule has 0 atom stereocenters. The highest BCUT2D eigenvalue weighted by molar-refractivity contribution is 5.98. The first-order valence-electron chi connectivity index (χ1n) is 9.16. The van der Waals surface area contributed by atoms with E-state index in [2.05, 4.69) is 45.9 Å². The van der Waals surface area contributed by atoms with E-state index in [9.17, 15) is 4.79 Å². The molecule has 3 aromatic carbocycles. The highest BCUT2D eigenvalue weighted by Crippen LogP contribution is 2.23. The van der Waals surface area contributed by atoms with Crippen molar-refractivity contribution in [2.75, 3.05) is 35.2 Å². The van der Waals surface area contributed by atoms with Gasteiger partial charge in [0.05, 0.1) is 6.54 Å². The second-order valence-electron chi connectivity index (χ2n) is 6.67. The number of anilines is 3. The largest absolute Gasteiger partial charge is 0.376 e. The van der Waals surface area contributed by atoms with Crippen molar-refractivity contribution >= 4 is 33.7 Å². The number of nitrogens with zero attached hydrogens (tertiary/aromatic N) is 1. The molecule has 1 fully saturated rings. The fraction of sp³-hybridized carbons (Fsp3) is 0.227. The summed E-state index contributed by atoms with van der Waals surface area (Å²) in [4.78, 5) is 14.7. The monoisotopic (exact) mass is 345 g/mol. The second kappa shape index (κ2) is 7.48. The predicted molar refractivity (Wildman–Crippen MR) is 109 cm³/mol. The Kier molecular flexibility index (Phi) is 4.73. The van der Waals surface area contributed by atoms with Gasteiger partial charge in [0.15, 0.2) is 0 Å². The number of rotatable bonds is 5. The molecule has 0 aromatic heterocycles. The molecule has 2 N–H and O–H groups in total. The summed E-state index contributed by atoms with van der Waals surface area (Å²) in [6.45, 7) is 2.49. The van der Waals surface area contributed by atoms with E-state index in [-0.39, 0.29) is 12.5 Å². The van der Waals surface area contributed by atoms with Crippen LogP contribution in [0.3, 0.4) is 0 Å². The second-order valence-corrected chi connectivity index (χ2v) is 6.67. The first kappa shape index (κ1) is 16.5. The standard InChI is InChI=1S/C22H23N3O/c26-22(16-23-21-9-5-7-17-6-1-2-8-20(17)21)24-18-10-12-19(13-11-18)25-14-3-4-15-25/h1-2,5-13,23H,3-4,14-16H2,(H,24,26). The lowest BCUT2D eigenvalue weighted by Gasteiger charge is -2.18. The van der Waals surface area contributed by atoms with Crippen molar-refractivity contribution < 1.29 is 4.79 Å². The fourth-order valence-electron chi connectivity index (χ4n) is 3.49. The third-order valence-corrected chi connectivity index (χ3v) is 4.85. The molecule has 1 amide bonds. The Bertz CT molecular complexity index is 893. The van der Waals surface area contributed by atoms with Gasteiger partial charge in [-0.25, -0.2) is 0 Å². The smallest absolute Gasteiger partial charge is 0.243 e. The van der Waals surface area contributed by atoms with Gasteiger partial charge >= 0.3 is 0 Å². The average Bonchev–Trinajstić information content (AvgIpc) is 3.22. The summed E-state index contributed by atoms with van der Waals surface area (Å²) < 4.78 is 0. The average molecular weight is 345 g/mol. The van der Waals surface area contributed by atoms with E-state index in [0.29, 0.717) is 0 Å². The maximum absolute atomic E-state index is 12.3. The Balaban J connectivity index is 1.36. The SMILES string of the molecule is O=C(CNc1cccc2ccccc12)Nc1ccc(N2CCCC2)cc1. The molecule has 1 saturated heterocycles. The van der Waals surface area contributed by atoms with Crippen LogP contribution in [0.25, 0.3) is 10.8 Å². The van der Waals surface area contributed by atoms with Gasteiger partial charge in [0, 0.05) is 35.5 Å². The molecule has 0 bridgehead atoms. The van der Waals surface area contributed by atoms with Crippen molar-refractivity contribution in [3.8, 4) is 0 Å². The summed E-state index contributed by atoms with van der Waals surface area (Å²) in [5.41, 5.74) is 3.04. The lowest BCUT2D eigenvalue weighted by molar-refractivity contribution is -0.114. The van der Waals surface area contributed by atoms with Gasteiger partial charge in [-0.1, -0.05) is 36.4 Å². The zero-order chi connectivity index (χ0) is 17.8. The first-order valence-corrected chi connectivity index (χ1v) is 9.16. The molecule has 0 aliphatic carbocycles. The maximum Gasteiger partial charge on any atom is 0.243 e. The molecule has 1 heterocycles. The molecule has 132 valence electrons. The molecule has 3 aromatic rings. The minimum Gasteiger partial charge on any atom is -0.376 e. The highest BCUT2D eigenvalue weighted by Gasteiger charge is 2.12. The number of nitrogens with one attached hydrogen (secondary N) is 2. The lowest BCUT2D eigenvalue weighted by Crippen LogP contribution is -2.22. The van der Waals surface area contributed by atoms with Gasteiger partial charge in [0.25, 0.3) is 0 Å². The number of carbonyl (C=O) groups excluding carboxylic acids is 1. The highest BCUT2D eigenvalue weighted by atomic mass is 16.1. The van der Waals surface area contributed by atoms with Crippen LogP contribution in [-0.2, 0) is 4.79 Å². The maximum atomic E-state index is 12.3. The van der Waals surface area contributed by atoms with Crippen LogP contribution < -0.4 is 15.5 Å². The van der Waals surface area contributed by atoms with Crippen molar-refractivity contribution in [3.63, 3.8) is 0 Å². The molecular weight excluding hydrogens is 322 g/mol. The Hall–Kier alpha value is -3.01. The van der Waals surface area contributed by atoms with Crippen LogP contribution in [0.1, 0.15) is 12.8 Å². The summed E-state index contributed by atoms with van der Waals surface area (Å²) in [7, 11) is 0. The molecule has 0 spiro atoms. The van der Waals surface area contributed by atoms with Crippen LogP contribution in [0.2, 0.25) is 0 Å². The molecule has 4 nitrogen and oxygen atoms in total. The van der Waals surface area contributed by atoms with E-state index >= 15 is 0 Å². The first-order chi connectivity index (χ1) is 12.8. The molecule has 0 saturated carbocycles. The molecule has 0 radical (unpaired) electrons. The summed E-state index contributed by atoms with van der Waals surface area (Å²) in [6.07, 6.45) is 2.52. The summed E-state index contributed by atoms with van der Waals surface area (Å²) >= 11 is 0. The van der Waals surface area contributed by atoms with Gasteiger partial charge in [-0.3, -0.25) is 4.79 Å². The molecule has 26 heavy (non-hydrogen) atoms. The third kappa shape index (κ3) is 3.64. The van der Waals surface area contributed by atoms with Crippen LogP contribution in [0, 0.1) is 0 Å².